The third kappa shape index (κ3) is 4.72. The molecule has 0 aliphatic carbocycles. The fourth-order valence-corrected chi connectivity index (χ4v) is 5.34. The van der Waals surface area contributed by atoms with Crippen LogP contribution in [0.4, 0.5) is 0 Å². The smallest absolute Gasteiger partial charge is 0.137 e. The Labute approximate surface area is 191 Å². The van der Waals surface area contributed by atoms with Crippen molar-refractivity contribution in [2.75, 3.05) is 7.11 Å². The van der Waals surface area contributed by atoms with Crippen LogP contribution in [0, 0.1) is 13.8 Å². The van der Waals surface area contributed by atoms with Crippen molar-refractivity contribution in [3.05, 3.63) is 57.6 Å². The lowest BCUT2D eigenvalue weighted by molar-refractivity contribution is 0.00733. The van der Waals surface area contributed by atoms with Crippen LogP contribution < -0.4 is 4.74 Å². The van der Waals surface area contributed by atoms with Crippen LogP contribution >= 0.6 is 11.6 Å². The van der Waals surface area contributed by atoms with E-state index in [1.807, 2.05) is 45.0 Å². The van der Waals surface area contributed by atoms with E-state index < -0.39 is 5.60 Å². The number of phenolic OH excluding ortho intramolecular Hbond substituents is 1. The molecule has 2 aliphatic heterocycles. The van der Waals surface area contributed by atoms with Gasteiger partial charge in [0.1, 0.15) is 11.5 Å². The molecule has 2 bridgehead atoms. The first-order chi connectivity index (χ1) is 14.8. The van der Waals surface area contributed by atoms with E-state index in [1.165, 1.54) is 12.0 Å². The molecule has 2 fully saturated rings. The highest BCUT2D eigenvalue weighted by Gasteiger charge is 2.44. The highest BCUT2D eigenvalue weighted by Crippen LogP contribution is 2.45. The van der Waals surface area contributed by atoms with Gasteiger partial charge in [-0.2, -0.15) is 0 Å². The highest BCUT2D eigenvalue weighted by molar-refractivity contribution is 6.32. The Bertz CT molecular complexity index is 916. The van der Waals surface area contributed by atoms with Gasteiger partial charge in [0.2, 0.25) is 0 Å². The molecule has 0 aromatic heterocycles. The molecular formula is C26H36ClNO3. The first-order valence-electron chi connectivity index (χ1n) is 11.4. The van der Waals surface area contributed by atoms with Crippen molar-refractivity contribution >= 4 is 11.6 Å². The molecule has 2 aromatic rings. The summed E-state index contributed by atoms with van der Waals surface area (Å²) in [7, 11) is 1.60. The lowest BCUT2D eigenvalue weighted by Crippen LogP contribution is -2.36. The Balaban J connectivity index is 0.00000132. The first-order valence-corrected chi connectivity index (χ1v) is 11.8. The number of halogens is 1. The van der Waals surface area contributed by atoms with Crippen LogP contribution in [0.25, 0.3) is 0 Å². The van der Waals surface area contributed by atoms with E-state index in [9.17, 15) is 10.2 Å². The van der Waals surface area contributed by atoms with Crippen LogP contribution in [-0.2, 0) is 12.1 Å². The number of methoxy groups -OCH3 is 1. The van der Waals surface area contributed by atoms with Gasteiger partial charge in [0.05, 0.1) is 17.7 Å². The third-order valence-corrected chi connectivity index (χ3v) is 7.46. The lowest BCUT2D eigenvalue weighted by atomic mass is 9.81. The van der Waals surface area contributed by atoms with Crippen LogP contribution in [0.2, 0.25) is 5.02 Å². The van der Waals surface area contributed by atoms with Gasteiger partial charge in [-0.15, -0.1) is 0 Å². The van der Waals surface area contributed by atoms with Gasteiger partial charge < -0.3 is 14.9 Å². The van der Waals surface area contributed by atoms with Gasteiger partial charge in [0, 0.05) is 18.6 Å². The lowest BCUT2D eigenvalue weighted by Gasteiger charge is -2.32. The summed E-state index contributed by atoms with van der Waals surface area (Å²) in [5, 5.41) is 22.2. The second-order valence-electron chi connectivity index (χ2n) is 8.67. The zero-order valence-electron chi connectivity index (χ0n) is 19.4. The van der Waals surface area contributed by atoms with E-state index in [0.717, 1.165) is 42.5 Å². The highest BCUT2D eigenvalue weighted by atomic mass is 35.5. The van der Waals surface area contributed by atoms with Gasteiger partial charge in [-0.3, -0.25) is 4.90 Å². The summed E-state index contributed by atoms with van der Waals surface area (Å²) in [6.45, 7) is 8.92. The molecule has 4 rings (SSSR count). The number of aliphatic hydroxyl groups is 1. The number of benzene rings is 2. The van der Waals surface area contributed by atoms with Crippen molar-refractivity contribution in [1.82, 2.24) is 4.90 Å². The van der Waals surface area contributed by atoms with Crippen molar-refractivity contribution in [2.24, 2.45) is 0 Å². The Morgan fingerprint density at radius 3 is 2.48 bits per heavy atom. The number of fused-ring (bicyclic) bond motifs is 2. The number of nitrogens with zero attached hydrogens (tertiary/aromatic N) is 1. The number of hydrogen-bond donors (Lipinski definition) is 2. The van der Waals surface area contributed by atoms with Crippen molar-refractivity contribution in [3.8, 4) is 11.5 Å². The van der Waals surface area contributed by atoms with Crippen LogP contribution in [0.5, 0.6) is 11.5 Å². The molecule has 2 heterocycles. The maximum atomic E-state index is 11.6. The Hall–Kier alpha value is -1.75. The predicted octanol–water partition coefficient (Wildman–Crippen LogP) is 6.10. The molecule has 0 spiro atoms. The van der Waals surface area contributed by atoms with Crippen molar-refractivity contribution in [1.29, 1.82) is 0 Å². The van der Waals surface area contributed by atoms with Crippen molar-refractivity contribution in [2.45, 2.75) is 84.0 Å². The molecule has 2 aromatic carbocycles. The van der Waals surface area contributed by atoms with Gasteiger partial charge >= 0.3 is 0 Å². The molecule has 170 valence electrons. The molecule has 2 saturated heterocycles. The summed E-state index contributed by atoms with van der Waals surface area (Å²) in [5.74, 6) is 0.968. The number of rotatable bonds is 4. The molecule has 0 radical (unpaired) electrons. The Kier molecular flexibility index (Phi) is 7.56. The molecule has 0 amide bonds. The topological polar surface area (TPSA) is 52.9 Å². The summed E-state index contributed by atoms with van der Waals surface area (Å²) in [5.41, 5.74) is 3.40. The van der Waals surface area contributed by atoms with Crippen molar-refractivity contribution in [3.63, 3.8) is 0 Å². The van der Waals surface area contributed by atoms with Crippen LogP contribution in [-0.4, -0.2) is 34.3 Å². The van der Waals surface area contributed by atoms with E-state index in [0.29, 0.717) is 35.0 Å². The standard InChI is InChI=1S/C24H30ClNO3.C2H6/c1-15-16(2)22(27)9-4-17(15)14-26-19-6-7-20(26)13-24(28,11-10-19)18-5-8-21(25)23(12-18)29-3;1-2/h4-5,8-9,12,19-20,27-28H,6-7,10-11,13-14H2,1-3H3;1-2H3. The second-order valence-corrected chi connectivity index (χ2v) is 9.08. The number of aromatic hydroxyl groups is 1. The maximum absolute atomic E-state index is 11.6. The quantitative estimate of drug-likeness (QED) is 0.596. The van der Waals surface area contributed by atoms with Gasteiger partial charge in [-0.25, -0.2) is 0 Å². The average Bonchev–Trinajstić information content (AvgIpc) is 3.07. The zero-order chi connectivity index (χ0) is 22.8. The molecule has 4 nitrogen and oxygen atoms in total. The number of hydrogen-bond acceptors (Lipinski definition) is 4. The normalized spacial score (nSPS) is 25.5. The summed E-state index contributed by atoms with van der Waals surface area (Å²) in [6, 6.07) is 10.3. The molecule has 5 heteroatoms. The average molecular weight is 446 g/mol. The molecule has 31 heavy (non-hydrogen) atoms. The second kappa shape index (κ2) is 9.81. The molecule has 2 N–H and O–H groups in total. The SMILES string of the molecule is CC.COc1cc(C2(O)CCC3CCC(C2)N3Cc2ccc(O)c(C)c2C)ccc1Cl. The summed E-state index contributed by atoms with van der Waals surface area (Å²) < 4.78 is 5.37. The minimum Gasteiger partial charge on any atom is -0.508 e. The third-order valence-electron chi connectivity index (χ3n) is 7.15. The minimum absolute atomic E-state index is 0.336. The maximum Gasteiger partial charge on any atom is 0.137 e. The molecule has 2 aliphatic rings. The van der Waals surface area contributed by atoms with E-state index in [-0.39, 0.29) is 0 Å². The summed E-state index contributed by atoms with van der Waals surface area (Å²) in [6.07, 6.45) is 4.70. The molecule has 3 atom stereocenters. The van der Waals surface area contributed by atoms with Gasteiger partial charge in [-0.05, 0) is 86.4 Å². The molecular weight excluding hydrogens is 410 g/mol. The Morgan fingerprint density at radius 2 is 1.77 bits per heavy atom. The molecule has 3 unspecified atom stereocenters. The summed E-state index contributed by atoms with van der Waals surface area (Å²) >= 11 is 6.20. The summed E-state index contributed by atoms with van der Waals surface area (Å²) in [4.78, 5) is 2.57. The predicted molar refractivity (Wildman–Crippen MR) is 127 cm³/mol. The monoisotopic (exact) mass is 445 g/mol. The van der Waals surface area contributed by atoms with Crippen LogP contribution in [0.1, 0.15) is 68.2 Å². The van der Waals surface area contributed by atoms with Crippen molar-refractivity contribution < 1.29 is 14.9 Å². The van der Waals surface area contributed by atoms with E-state index in [4.69, 9.17) is 16.3 Å². The first kappa shape index (κ1) is 23.9. The fourth-order valence-electron chi connectivity index (χ4n) is 5.14. The molecule has 0 saturated carbocycles. The van der Waals surface area contributed by atoms with Crippen LogP contribution in [0.15, 0.2) is 30.3 Å². The number of ether oxygens (including phenoxy) is 1. The number of phenols is 1. The largest absolute Gasteiger partial charge is 0.508 e. The van der Waals surface area contributed by atoms with Gasteiger partial charge in [-0.1, -0.05) is 37.6 Å². The fraction of sp³-hybridized carbons (Fsp3) is 0.538. The van der Waals surface area contributed by atoms with Gasteiger partial charge in [0.15, 0.2) is 0 Å². The van der Waals surface area contributed by atoms with Crippen LogP contribution in [0.3, 0.4) is 0 Å². The minimum atomic E-state index is -0.865. The zero-order valence-corrected chi connectivity index (χ0v) is 20.2. The van der Waals surface area contributed by atoms with E-state index in [1.54, 1.807) is 13.2 Å². The Morgan fingerprint density at radius 1 is 1.06 bits per heavy atom. The van der Waals surface area contributed by atoms with Gasteiger partial charge in [0.25, 0.3) is 0 Å². The van der Waals surface area contributed by atoms with E-state index in [2.05, 4.69) is 11.8 Å². The van der Waals surface area contributed by atoms with E-state index >= 15 is 0 Å².